The third kappa shape index (κ3) is 1.84. The van der Waals surface area contributed by atoms with Gasteiger partial charge in [-0.25, -0.2) is 4.39 Å². The largest absolute Gasteiger partial charge is 0.207 e. The van der Waals surface area contributed by atoms with Gasteiger partial charge in [-0.3, -0.25) is 0 Å². The smallest absolute Gasteiger partial charge is 0.126 e. The highest BCUT2D eigenvalue weighted by molar-refractivity contribution is 5.32. The first-order chi connectivity index (χ1) is 5.65. The molecule has 0 nitrogen and oxygen atoms in total. The van der Waals surface area contributed by atoms with Crippen LogP contribution < -0.4 is 0 Å². The predicted octanol–water partition coefficient (Wildman–Crippen LogP) is 3.35. The molecule has 0 fully saturated rings. The number of hydrogen-bond donors (Lipinski definition) is 0. The summed E-state index contributed by atoms with van der Waals surface area (Å²) in [6.07, 6.45) is 0.759. The second kappa shape index (κ2) is 3.70. The van der Waals surface area contributed by atoms with Crippen molar-refractivity contribution in [3.63, 3.8) is 0 Å². The van der Waals surface area contributed by atoms with Crippen LogP contribution in [0, 0.1) is 11.7 Å². The molecule has 65 valence electrons. The van der Waals surface area contributed by atoms with Crippen LogP contribution in [-0.2, 0) is 6.42 Å². The van der Waals surface area contributed by atoms with Crippen molar-refractivity contribution >= 4 is 0 Å². The van der Waals surface area contributed by atoms with Crippen molar-refractivity contribution in [1.82, 2.24) is 0 Å². The van der Waals surface area contributed by atoms with Crippen molar-refractivity contribution in [2.24, 2.45) is 0 Å². The molecule has 1 rings (SSSR count). The summed E-state index contributed by atoms with van der Waals surface area (Å²) in [6, 6.07) is 5.43. The SMILES string of the molecule is CCc1ccc([C](C)C)cc1F. The average molecular weight is 165 g/mol. The van der Waals surface area contributed by atoms with Crippen molar-refractivity contribution in [2.45, 2.75) is 27.2 Å². The van der Waals surface area contributed by atoms with E-state index < -0.39 is 0 Å². The molecule has 0 aromatic heterocycles. The Bertz CT molecular complexity index is 264. The van der Waals surface area contributed by atoms with E-state index in [9.17, 15) is 4.39 Å². The summed E-state index contributed by atoms with van der Waals surface area (Å²) < 4.78 is 13.2. The van der Waals surface area contributed by atoms with E-state index in [1.54, 1.807) is 6.07 Å². The molecule has 0 bridgehead atoms. The zero-order chi connectivity index (χ0) is 9.14. The fourth-order valence-electron chi connectivity index (χ4n) is 1.15. The zero-order valence-corrected chi connectivity index (χ0v) is 7.82. The van der Waals surface area contributed by atoms with E-state index in [1.165, 1.54) is 0 Å². The number of hydrogen-bond acceptors (Lipinski definition) is 0. The monoisotopic (exact) mass is 165 g/mol. The van der Waals surface area contributed by atoms with Crippen LogP contribution in [0.2, 0.25) is 0 Å². The first-order valence-corrected chi connectivity index (χ1v) is 4.24. The third-order valence-corrected chi connectivity index (χ3v) is 2.01. The fraction of sp³-hybridized carbons (Fsp3) is 0.364. The molecule has 0 saturated heterocycles. The highest BCUT2D eigenvalue weighted by atomic mass is 19.1. The molecular weight excluding hydrogens is 151 g/mol. The van der Waals surface area contributed by atoms with E-state index in [4.69, 9.17) is 0 Å². The molecule has 0 aliphatic carbocycles. The van der Waals surface area contributed by atoms with E-state index in [1.807, 2.05) is 32.9 Å². The number of halogens is 1. The van der Waals surface area contributed by atoms with Crippen LogP contribution in [0.15, 0.2) is 18.2 Å². The Hall–Kier alpha value is -0.850. The van der Waals surface area contributed by atoms with Crippen LogP contribution >= 0.6 is 0 Å². The van der Waals surface area contributed by atoms with Crippen molar-refractivity contribution < 1.29 is 4.39 Å². The Morgan fingerprint density at radius 1 is 1.33 bits per heavy atom. The minimum atomic E-state index is -0.0869. The second-order valence-electron chi connectivity index (χ2n) is 3.16. The molecule has 0 saturated carbocycles. The van der Waals surface area contributed by atoms with Gasteiger partial charge >= 0.3 is 0 Å². The predicted molar refractivity (Wildman–Crippen MR) is 49.5 cm³/mol. The maximum absolute atomic E-state index is 13.2. The van der Waals surface area contributed by atoms with Crippen LogP contribution in [0.25, 0.3) is 0 Å². The van der Waals surface area contributed by atoms with E-state index in [0.717, 1.165) is 23.5 Å². The first kappa shape index (κ1) is 9.24. The molecule has 0 aliphatic heterocycles. The Kier molecular flexibility index (Phi) is 2.85. The average Bonchev–Trinajstić information content (AvgIpc) is 2.04. The van der Waals surface area contributed by atoms with E-state index in [-0.39, 0.29) is 5.82 Å². The van der Waals surface area contributed by atoms with E-state index in [0.29, 0.717) is 0 Å². The van der Waals surface area contributed by atoms with E-state index >= 15 is 0 Å². The van der Waals surface area contributed by atoms with Crippen molar-refractivity contribution in [3.8, 4) is 0 Å². The molecular formula is C11H14F. The van der Waals surface area contributed by atoms with Crippen molar-refractivity contribution in [2.75, 3.05) is 0 Å². The third-order valence-electron chi connectivity index (χ3n) is 2.01. The van der Waals surface area contributed by atoms with Gasteiger partial charge in [-0.2, -0.15) is 0 Å². The summed E-state index contributed by atoms with van der Waals surface area (Å²) in [7, 11) is 0. The lowest BCUT2D eigenvalue weighted by atomic mass is 10.0. The molecule has 0 unspecified atom stereocenters. The molecule has 0 spiro atoms. The Morgan fingerprint density at radius 2 is 2.00 bits per heavy atom. The van der Waals surface area contributed by atoms with Gasteiger partial charge in [-0.05, 0) is 29.5 Å². The highest BCUT2D eigenvalue weighted by Gasteiger charge is 2.04. The van der Waals surface area contributed by atoms with Crippen LogP contribution in [0.3, 0.4) is 0 Å². The van der Waals surface area contributed by atoms with Gasteiger partial charge in [0.1, 0.15) is 5.82 Å². The molecule has 0 atom stereocenters. The van der Waals surface area contributed by atoms with Gasteiger partial charge in [-0.15, -0.1) is 0 Å². The van der Waals surface area contributed by atoms with Crippen LogP contribution in [0.4, 0.5) is 4.39 Å². The Morgan fingerprint density at radius 3 is 2.42 bits per heavy atom. The molecule has 1 aromatic carbocycles. The maximum atomic E-state index is 13.2. The summed E-state index contributed by atoms with van der Waals surface area (Å²) in [5.41, 5.74) is 1.78. The number of aryl methyl sites for hydroxylation is 1. The lowest BCUT2D eigenvalue weighted by molar-refractivity contribution is 0.610. The van der Waals surface area contributed by atoms with Gasteiger partial charge in [0.25, 0.3) is 0 Å². The van der Waals surface area contributed by atoms with Gasteiger partial charge in [0.15, 0.2) is 0 Å². The molecule has 0 N–H and O–H groups in total. The van der Waals surface area contributed by atoms with Gasteiger partial charge in [0.2, 0.25) is 0 Å². The van der Waals surface area contributed by atoms with Gasteiger partial charge < -0.3 is 0 Å². The van der Waals surface area contributed by atoms with Crippen LogP contribution in [0.5, 0.6) is 0 Å². The van der Waals surface area contributed by atoms with Crippen molar-refractivity contribution in [3.05, 3.63) is 41.1 Å². The summed E-state index contributed by atoms with van der Waals surface area (Å²) >= 11 is 0. The van der Waals surface area contributed by atoms with Crippen LogP contribution in [-0.4, -0.2) is 0 Å². The first-order valence-electron chi connectivity index (χ1n) is 4.24. The number of benzene rings is 1. The highest BCUT2D eigenvalue weighted by Crippen LogP contribution is 2.17. The Labute approximate surface area is 73.4 Å². The van der Waals surface area contributed by atoms with Gasteiger partial charge in [-0.1, -0.05) is 32.9 Å². The molecule has 12 heavy (non-hydrogen) atoms. The minimum absolute atomic E-state index is 0.0869. The van der Waals surface area contributed by atoms with Gasteiger partial charge in [0.05, 0.1) is 0 Å². The minimum Gasteiger partial charge on any atom is -0.207 e. The van der Waals surface area contributed by atoms with Crippen LogP contribution in [0.1, 0.15) is 31.9 Å². The molecule has 1 aromatic rings. The lowest BCUT2D eigenvalue weighted by Gasteiger charge is -2.06. The zero-order valence-electron chi connectivity index (χ0n) is 7.82. The maximum Gasteiger partial charge on any atom is 0.126 e. The Balaban J connectivity index is 3.02. The topological polar surface area (TPSA) is 0 Å². The fourth-order valence-corrected chi connectivity index (χ4v) is 1.15. The number of rotatable bonds is 2. The second-order valence-corrected chi connectivity index (χ2v) is 3.16. The van der Waals surface area contributed by atoms with Gasteiger partial charge in [0, 0.05) is 0 Å². The molecule has 1 radical (unpaired) electrons. The van der Waals surface area contributed by atoms with E-state index in [2.05, 4.69) is 0 Å². The quantitative estimate of drug-likeness (QED) is 0.630. The summed E-state index contributed by atoms with van der Waals surface area (Å²) in [5, 5.41) is 0. The molecule has 0 heterocycles. The normalized spacial score (nSPS) is 10.8. The lowest BCUT2D eigenvalue weighted by Crippen LogP contribution is -1.93. The summed E-state index contributed by atoms with van der Waals surface area (Å²) in [5.74, 6) is 1.06. The van der Waals surface area contributed by atoms with Crippen molar-refractivity contribution in [1.29, 1.82) is 0 Å². The summed E-state index contributed by atoms with van der Waals surface area (Å²) in [4.78, 5) is 0. The molecule has 0 amide bonds. The molecule has 1 heteroatoms. The standard InChI is InChI=1S/C11H14F/c1-4-9-5-6-10(8(2)3)7-11(9)12/h5-7H,4H2,1-3H3. The molecule has 0 aliphatic rings. The summed E-state index contributed by atoms with van der Waals surface area (Å²) in [6.45, 7) is 5.93.